The zero-order valence-electron chi connectivity index (χ0n) is 13.2. The van der Waals surface area contributed by atoms with Crippen molar-refractivity contribution in [3.8, 4) is 0 Å². The molecule has 0 unspecified atom stereocenters. The van der Waals surface area contributed by atoms with Crippen molar-refractivity contribution in [2.75, 3.05) is 13.1 Å². The van der Waals surface area contributed by atoms with Crippen LogP contribution in [0.25, 0.3) is 11.1 Å². The van der Waals surface area contributed by atoms with E-state index in [9.17, 15) is 9.59 Å². The fourth-order valence-electron chi connectivity index (χ4n) is 3.29. The van der Waals surface area contributed by atoms with E-state index in [4.69, 9.17) is 4.42 Å². The van der Waals surface area contributed by atoms with E-state index in [2.05, 4.69) is 5.10 Å². The molecule has 2 aromatic heterocycles. The van der Waals surface area contributed by atoms with E-state index in [1.165, 1.54) is 4.57 Å². The fourth-order valence-corrected chi connectivity index (χ4v) is 3.29. The summed E-state index contributed by atoms with van der Waals surface area (Å²) in [5.41, 5.74) is 1.15. The van der Waals surface area contributed by atoms with Gasteiger partial charge in [0.1, 0.15) is 6.54 Å². The SMILES string of the molecule is O=C(Cn1c(=O)oc2ccccc21)N1CCC[C@@H](n2cccn2)C1. The molecule has 24 heavy (non-hydrogen) atoms. The van der Waals surface area contributed by atoms with Gasteiger partial charge in [-0.05, 0) is 31.0 Å². The Balaban J connectivity index is 1.53. The normalized spacial score (nSPS) is 18.2. The maximum Gasteiger partial charge on any atom is 0.420 e. The Bertz CT molecular complexity index is 909. The summed E-state index contributed by atoms with van der Waals surface area (Å²) in [4.78, 5) is 26.5. The third-order valence-corrected chi connectivity index (χ3v) is 4.52. The van der Waals surface area contributed by atoms with Crippen molar-refractivity contribution in [3.05, 3.63) is 53.3 Å². The van der Waals surface area contributed by atoms with Crippen LogP contribution in [0.15, 0.2) is 51.9 Å². The van der Waals surface area contributed by atoms with Crippen molar-refractivity contribution < 1.29 is 9.21 Å². The minimum absolute atomic E-state index is 0.00166. The Kier molecular flexibility index (Phi) is 3.68. The van der Waals surface area contributed by atoms with Gasteiger partial charge in [-0.3, -0.25) is 14.0 Å². The van der Waals surface area contributed by atoms with Gasteiger partial charge < -0.3 is 9.32 Å². The van der Waals surface area contributed by atoms with E-state index in [0.717, 1.165) is 12.8 Å². The number of hydrogen-bond acceptors (Lipinski definition) is 4. The van der Waals surface area contributed by atoms with Crippen LogP contribution in [0.3, 0.4) is 0 Å². The molecule has 0 bridgehead atoms. The summed E-state index contributed by atoms with van der Waals surface area (Å²) in [6.45, 7) is 1.33. The van der Waals surface area contributed by atoms with Gasteiger partial charge in [0.15, 0.2) is 5.58 Å². The molecule has 7 heteroatoms. The van der Waals surface area contributed by atoms with E-state index < -0.39 is 5.76 Å². The molecule has 4 rings (SSSR count). The van der Waals surface area contributed by atoms with Gasteiger partial charge in [0, 0.05) is 25.5 Å². The van der Waals surface area contributed by atoms with Crippen molar-refractivity contribution in [1.29, 1.82) is 0 Å². The number of oxazole rings is 1. The van der Waals surface area contributed by atoms with Crippen LogP contribution in [0.1, 0.15) is 18.9 Å². The highest BCUT2D eigenvalue weighted by atomic mass is 16.4. The lowest BCUT2D eigenvalue weighted by Crippen LogP contribution is -2.43. The summed E-state index contributed by atoms with van der Waals surface area (Å²) in [7, 11) is 0. The number of carbonyl (C=O) groups excluding carboxylic acids is 1. The molecule has 1 fully saturated rings. The summed E-state index contributed by atoms with van der Waals surface area (Å²) >= 11 is 0. The van der Waals surface area contributed by atoms with E-state index in [1.807, 2.05) is 27.9 Å². The molecule has 1 saturated heterocycles. The van der Waals surface area contributed by atoms with Gasteiger partial charge in [-0.2, -0.15) is 5.10 Å². The molecule has 7 nitrogen and oxygen atoms in total. The first-order chi connectivity index (χ1) is 11.7. The van der Waals surface area contributed by atoms with E-state index in [1.54, 1.807) is 24.4 Å². The molecule has 0 N–H and O–H groups in total. The lowest BCUT2D eigenvalue weighted by Gasteiger charge is -2.32. The van der Waals surface area contributed by atoms with Gasteiger partial charge in [-0.25, -0.2) is 4.79 Å². The predicted octanol–water partition coefficient (Wildman–Crippen LogP) is 1.65. The second kappa shape index (κ2) is 5.99. The molecule has 0 saturated carbocycles. The van der Waals surface area contributed by atoms with Crippen LogP contribution in [0.2, 0.25) is 0 Å². The number of amides is 1. The van der Waals surface area contributed by atoms with Gasteiger partial charge in [0.2, 0.25) is 5.91 Å². The van der Waals surface area contributed by atoms with Gasteiger partial charge in [-0.1, -0.05) is 12.1 Å². The van der Waals surface area contributed by atoms with Crippen LogP contribution in [-0.4, -0.2) is 38.2 Å². The number of aromatic nitrogens is 3. The Hall–Kier alpha value is -2.83. The average Bonchev–Trinajstić information content (AvgIpc) is 3.24. The zero-order chi connectivity index (χ0) is 16.5. The Morgan fingerprint density at radius 1 is 1.29 bits per heavy atom. The lowest BCUT2D eigenvalue weighted by atomic mass is 10.1. The van der Waals surface area contributed by atoms with Crippen LogP contribution in [0.4, 0.5) is 0 Å². The second-order valence-electron chi connectivity index (χ2n) is 6.04. The maximum absolute atomic E-state index is 12.7. The summed E-state index contributed by atoms with van der Waals surface area (Å²) in [5.74, 6) is -0.564. The number of piperidine rings is 1. The van der Waals surface area contributed by atoms with Crippen molar-refractivity contribution in [1.82, 2.24) is 19.2 Å². The first-order valence-electron chi connectivity index (χ1n) is 8.07. The van der Waals surface area contributed by atoms with Crippen molar-refractivity contribution in [2.45, 2.75) is 25.4 Å². The van der Waals surface area contributed by atoms with Gasteiger partial charge in [0.25, 0.3) is 0 Å². The highest BCUT2D eigenvalue weighted by molar-refractivity contribution is 5.79. The minimum atomic E-state index is -0.495. The molecule has 3 heterocycles. The number of carbonyl (C=O) groups is 1. The summed E-state index contributed by atoms with van der Waals surface area (Å²) in [6.07, 6.45) is 5.60. The van der Waals surface area contributed by atoms with Crippen molar-refractivity contribution in [3.63, 3.8) is 0 Å². The van der Waals surface area contributed by atoms with Gasteiger partial charge in [-0.15, -0.1) is 0 Å². The van der Waals surface area contributed by atoms with Crippen LogP contribution < -0.4 is 5.76 Å². The smallest absolute Gasteiger partial charge is 0.408 e. The summed E-state index contributed by atoms with van der Waals surface area (Å²) in [6, 6.07) is 9.22. The van der Waals surface area contributed by atoms with Gasteiger partial charge in [0.05, 0.1) is 11.6 Å². The lowest BCUT2D eigenvalue weighted by molar-refractivity contribution is -0.133. The predicted molar refractivity (Wildman–Crippen MR) is 87.6 cm³/mol. The van der Waals surface area contributed by atoms with Crippen LogP contribution in [-0.2, 0) is 11.3 Å². The molecule has 1 aliphatic rings. The number of rotatable bonds is 3. The third-order valence-electron chi connectivity index (χ3n) is 4.52. The van der Waals surface area contributed by atoms with Gasteiger partial charge >= 0.3 is 5.76 Å². The zero-order valence-corrected chi connectivity index (χ0v) is 13.2. The third kappa shape index (κ3) is 2.62. The number of para-hydroxylation sites is 2. The molecule has 1 aromatic carbocycles. The van der Waals surface area contributed by atoms with Crippen LogP contribution >= 0.6 is 0 Å². The number of benzene rings is 1. The molecule has 0 radical (unpaired) electrons. The maximum atomic E-state index is 12.7. The number of fused-ring (bicyclic) bond motifs is 1. The Labute approximate surface area is 138 Å². The summed E-state index contributed by atoms with van der Waals surface area (Å²) in [5, 5.41) is 4.27. The van der Waals surface area contributed by atoms with E-state index >= 15 is 0 Å². The largest absolute Gasteiger partial charge is 0.420 e. The molecular formula is C17H18N4O3. The number of likely N-dealkylation sites (tertiary alicyclic amines) is 1. The minimum Gasteiger partial charge on any atom is -0.408 e. The first-order valence-corrected chi connectivity index (χ1v) is 8.07. The van der Waals surface area contributed by atoms with Crippen molar-refractivity contribution in [2.24, 2.45) is 0 Å². The molecule has 124 valence electrons. The second-order valence-corrected chi connectivity index (χ2v) is 6.04. The highest BCUT2D eigenvalue weighted by Crippen LogP contribution is 2.21. The molecule has 0 spiro atoms. The standard InChI is InChI=1S/C17H18N4O3/c22-16(12-20-14-6-1-2-7-15(14)24-17(20)23)19-9-3-5-13(11-19)21-10-4-8-18-21/h1-2,4,6-8,10,13H,3,5,9,11-12H2/t13-/m1/s1. The van der Waals surface area contributed by atoms with Crippen LogP contribution in [0, 0.1) is 0 Å². The Morgan fingerprint density at radius 2 is 2.17 bits per heavy atom. The molecule has 1 aliphatic heterocycles. The molecule has 1 atom stereocenters. The van der Waals surface area contributed by atoms with E-state index in [-0.39, 0.29) is 18.5 Å². The molecule has 0 aliphatic carbocycles. The molecule has 3 aromatic rings. The average molecular weight is 326 g/mol. The van der Waals surface area contributed by atoms with Crippen LogP contribution in [0.5, 0.6) is 0 Å². The van der Waals surface area contributed by atoms with E-state index in [0.29, 0.717) is 24.2 Å². The fraction of sp³-hybridized carbons (Fsp3) is 0.353. The monoisotopic (exact) mass is 326 g/mol. The quantitative estimate of drug-likeness (QED) is 0.734. The number of nitrogens with zero attached hydrogens (tertiary/aromatic N) is 4. The molecule has 1 amide bonds. The first kappa shape index (κ1) is 14.7. The number of hydrogen-bond donors (Lipinski definition) is 0. The Morgan fingerprint density at radius 3 is 3.00 bits per heavy atom. The summed E-state index contributed by atoms with van der Waals surface area (Å²) < 4.78 is 8.49. The molecular weight excluding hydrogens is 308 g/mol. The highest BCUT2D eigenvalue weighted by Gasteiger charge is 2.26. The topological polar surface area (TPSA) is 73.3 Å². The van der Waals surface area contributed by atoms with Crippen molar-refractivity contribution >= 4 is 17.0 Å².